The monoisotopic (exact) mass is 403 g/mol. The van der Waals surface area contributed by atoms with E-state index in [2.05, 4.69) is 51.0 Å². The molecule has 4 rings (SSSR count). The van der Waals surface area contributed by atoms with E-state index in [1.807, 2.05) is 35.6 Å². The number of nitrogens with one attached hydrogen (secondary N) is 1. The van der Waals surface area contributed by atoms with E-state index >= 15 is 0 Å². The van der Waals surface area contributed by atoms with Gasteiger partial charge in [0.15, 0.2) is 0 Å². The first-order valence-corrected chi connectivity index (χ1v) is 10.7. The smallest absolute Gasteiger partial charge is 0.227 e. The first-order chi connectivity index (χ1) is 14.7. The molecule has 1 fully saturated rings. The molecular formula is C24H29N5O. The molecule has 1 aromatic carbocycles. The summed E-state index contributed by atoms with van der Waals surface area (Å²) in [6.07, 6.45) is 8.92. The first kappa shape index (κ1) is 20.3. The van der Waals surface area contributed by atoms with Crippen molar-refractivity contribution < 1.29 is 4.79 Å². The number of amides is 1. The van der Waals surface area contributed by atoms with Gasteiger partial charge >= 0.3 is 0 Å². The van der Waals surface area contributed by atoms with E-state index in [1.165, 1.54) is 11.1 Å². The summed E-state index contributed by atoms with van der Waals surface area (Å²) in [5.41, 5.74) is 4.62. The van der Waals surface area contributed by atoms with Crippen molar-refractivity contribution in [3.63, 3.8) is 0 Å². The van der Waals surface area contributed by atoms with E-state index in [-0.39, 0.29) is 11.8 Å². The van der Waals surface area contributed by atoms with E-state index in [0.717, 1.165) is 56.8 Å². The maximum Gasteiger partial charge on any atom is 0.227 e. The standard InChI is InChI=1S/C24H29N5O/c1-2-11-29-13-12-28(17-22-15-26-18-27-22)16-21(24(29)30)14-20-5-3-4-6-23(20)19-7-9-25-10-8-19/h3-10,15,18,21H,2,11-14,16-17H2,1H3,(H,26,27)/t21-/m0/s1. The number of carbonyl (C=O) groups excluding carboxylic acids is 1. The summed E-state index contributed by atoms with van der Waals surface area (Å²) < 4.78 is 0. The number of imidazole rings is 1. The lowest BCUT2D eigenvalue weighted by molar-refractivity contribution is -0.134. The molecule has 6 nitrogen and oxygen atoms in total. The zero-order valence-corrected chi connectivity index (χ0v) is 17.5. The Hall–Kier alpha value is -2.99. The van der Waals surface area contributed by atoms with Crippen LogP contribution in [0.2, 0.25) is 0 Å². The molecule has 156 valence electrons. The van der Waals surface area contributed by atoms with Crippen LogP contribution in [0.15, 0.2) is 61.3 Å². The van der Waals surface area contributed by atoms with Gasteiger partial charge in [0.1, 0.15) is 0 Å². The highest BCUT2D eigenvalue weighted by molar-refractivity contribution is 5.80. The summed E-state index contributed by atoms with van der Waals surface area (Å²) in [5.74, 6) is 0.207. The van der Waals surface area contributed by atoms with Crippen LogP contribution in [0.3, 0.4) is 0 Å². The number of pyridine rings is 1. The Morgan fingerprint density at radius 3 is 2.70 bits per heavy atom. The molecule has 1 aliphatic rings. The van der Waals surface area contributed by atoms with Crippen LogP contribution in [-0.4, -0.2) is 56.8 Å². The van der Waals surface area contributed by atoms with Gasteiger partial charge < -0.3 is 9.88 Å². The zero-order chi connectivity index (χ0) is 20.8. The summed E-state index contributed by atoms with van der Waals surface area (Å²) in [5, 5.41) is 0. The van der Waals surface area contributed by atoms with Crippen LogP contribution >= 0.6 is 0 Å². The van der Waals surface area contributed by atoms with Gasteiger partial charge in [-0.1, -0.05) is 31.2 Å². The quantitative estimate of drug-likeness (QED) is 0.657. The fraction of sp³-hybridized carbons (Fsp3) is 0.375. The van der Waals surface area contributed by atoms with Gasteiger partial charge in [-0.05, 0) is 41.7 Å². The van der Waals surface area contributed by atoms with Gasteiger partial charge in [-0.15, -0.1) is 0 Å². The van der Waals surface area contributed by atoms with Gasteiger partial charge in [0, 0.05) is 57.0 Å². The highest BCUT2D eigenvalue weighted by Gasteiger charge is 2.30. The molecule has 0 bridgehead atoms. The number of carbonyl (C=O) groups is 1. The maximum atomic E-state index is 13.4. The normalized spacial score (nSPS) is 17.8. The Kier molecular flexibility index (Phi) is 6.54. The summed E-state index contributed by atoms with van der Waals surface area (Å²) in [6.45, 7) is 6.16. The Labute approximate surface area is 178 Å². The van der Waals surface area contributed by atoms with Crippen LogP contribution < -0.4 is 0 Å². The molecule has 2 aromatic heterocycles. The predicted octanol–water partition coefficient (Wildman–Crippen LogP) is 3.38. The molecule has 3 aromatic rings. The topological polar surface area (TPSA) is 65.1 Å². The van der Waals surface area contributed by atoms with Gasteiger partial charge in [-0.25, -0.2) is 4.98 Å². The SMILES string of the molecule is CCCN1CCN(Cc2cnc[nH]2)C[C@H](Cc2ccccc2-c2ccncc2)C1=O. The van der Waals surface area contributed by atoms with Crippen molar-refractivity contribution in [1.29, 1.82) is 0 Å². The molecule has 0 radical (unpaired) electrons. The number of hydrogen-bond donors (Lipinski definition) is 1. The third kappa shape index (κ3) is 4.76. The molecule has 1 saturated heterocycles. The number of aromatic nitrogens is 3. The van der Waals surface area contributed by atoms with Crippen molar-refractivity contribution in [1.82, 2.24) is 24.8 Å². The first-order valence-electron chi connectivity index (χ1n) is 10.7. The van der Waals surface area contributed by atoms with Crippen molar-refractivity contribution in [3.05, 3.63) is 72.6 Å². The van der Waals surface area contributed by atoms with E-state index in [9.17, 15) is 4.79 Å². The highest BCUT2D eigenvalue weighted by atomic mass is 16.2. The van der Waals surface area contributed by atoms with Gasteiger partial charge in [-0.3, -0.25) is 14.7 Å². The van der Waals surface area contributed by atoms with Gasteiger partial charge in [-0.2, -0.15) is 0 Å². The number of aromatic amines is 1. The van der Waals surface area contributed by atoms with Gasteiger partial charge in [0.25, 0.3) is 0 Å². The number of rotatable bonds is 7. The second-order valence-electron chi connectivity index (χ2n) is 7.93. The highest BCUT2D eigenvalue weighted by Crippen LogP contribution is 2.27. The van der Waals surface area contributed by atoms with Crippen molar-refractivity contribution in [2.24, 2.45) is 5.92 Å². The molecule has 30 heavy (non-hydrogen) atoms. The molecule has 0 saturated carbocycles. The van der Waals surface area contributed by atoms with Crippen LogP contribution in [0.5, 0.6) is 0 Å². The van der Waals surface area contributed by atoms with E-state index in [1.54, 1.807) is 6.33 Å². The minimum atomic E-state index is -0.0649. The second kappa shape index (κ2) is 9.67. The van der Waals surface area contributed by atoms with Crippen LogP contribution in [0.4, 0.5) is 0 Å². The van der Waals surface area contributed by atoms with Crippen LogP contribution in [0.1, 0.15) is 24.6 Å². The van der Waals surface area contributed by atoms with E-state index in [0.29, 0.717) is 0 Å². The number of nitrogens with zero attached hydrogens (tertiary/aromatic N) is 4. The minimum Gasteiger partial charge on any atom is -0.347 e. The predicted molar refractivity (Wildman–Crippen MR) is 118 cm³/mol. The summed E-state index contributed by atoms with van der Waals surface area (Å²) in [4.78, 5) is 29.3. The molecule has 0 spiro atoms. The Morgan fingerprint density at radius 2 is 1.93 bits per heavy atom. The number of hydrogen-bond acceptors (Lipinski definition) is 4. The molecule has 0 unspecified atom stereocenters. The lowest BCUT2D eigenvalue weighted by atomic mass is 9.91. The summed E-state index contributed by atoms with van der Waals surface area (Å²) in [6, 6.07) is 12.5. The number of H-pyrrole nitrogens is 1. The lowest BCUT2D eigenvalue weighted by Crippen LogP contribution is -2.37. The van der Waals surface area contributed by atoms with Crippen molar-refractivity contribution in [3.8, 4) is 11.1 Å². The average Bonchev–Trinajstić information content (AvgIpc) is 3.24. The fourth-order valence-corrected chi connectivity index (χ4v) is 4.29. The number of benzene rings is 1. The van der Waals surface area contributed by atoms with Crippen LogP contribution in [0.25, 0.3) is 11.1 Å². The van der Waals surface area contributed by atoms with E-state index < -0.39 is 0 Å². The Bertz CT molecular complexity index is 941. The molecule has 1 N–H and O–H groups in total. The molecule has 1 aliphatic heterocycles. The average molecular weight is 404 g/mol. The van der Waals surface area contributed by atoms with Crippen molar-refractivity contribution in [2.45, 2.75) is 26.3 Å². The van der Waals surface area contributed by atoms with Crippen molar-refractivity contribution in [2.75, 3.05) is 26.2 Å². The lowest BCUT2D eigenvalue weighted by Gasteiger charge is -2.24. The second-order valence-corrected chi connectivity index (χ2v) is 7.93. The zero-order valence-electron chi connectivity index (χ0n) is 17.5. The van der Waals surface area contributed by atoms with E-state index in [4.69, 9.17) is 0 Å². The maximum absolute atomic E-state index is 13.4. The minimum absolute atomic E-state index is 0.0649. The van der Waals surface area contributed by atoms with Crippen LogP contribution in [-0.2, 0) is 17.8 Å². The van der Waals surface area contributed by atoms with Gasteiger partial charge in [0.05, 0.1) is 12.2 Å². The largest absolute Gasteiger partial charge is 0.347 e. The van der Waals surface area contributed by atoms with Crippen LogP contribution in [0, 0.1) is 5.92 Å². The third-order valence-electron chi connectivity index (χ3n) is 5.74. The molecule has 6 heteroatoms. The molecular weight excluding hydrogens is 374 g/mol. The molecule has 0 aliphatic carbocycles. The molecule has 1 amide bonds. The molecule has 1 atom stereocenters. The summed E-state index contributed by atoms with van der Waals surface area (Å²) in [7, 11) is 0. The molecule has 3 heterocycles. The van der Waals surface area contributed by atoms with Gasteiger partial charge in [0.2, 0.25) is 5.91 Å². The summed E-state index contributed by atoms with van der Waals surface area (Å²) >= 11 is 0. The Balaban J connectivity index is 1.59. The fourth-order valence-electron chi connectivity index (χ4n) is 4.29. The third-order valence-corrected chi connectivity index (χ3v) is 5.74. The Morgan fingerprint density at radius 1 is 1.10 bits per heavy atom. The van der Waals surface area contributed by atoms with Crippen molar-refractivity contribution >= 4 is 5.91 Å².